The number of hydrogen-bond acceptors (Lipinski definition) is 6. The van der Waals surface area contributed by atoms with Crippen LogP contribution < -0.4 is 10.2 Å². The van der Waals surface area contributed by atoms with Crippen molar-refractivity contribution in [2.45, 2.75) is 32.9 Å². The number of hydrogen-bond donors (Lipinski definition) is 1. The fourth-order valence-corrected chi connectivity index (χ4v) is 2.12. The number of benzene rings is 1. The van der Waals surface area contributed by atoms with Gasteiger partial charge in [0.2, 0.25) is 11.9 Å². The molecule has 1 aromatic heterocycles. The van der Waals surface area contributed by atoms with Gasteiger partial charge in [0.1, 0.15) is 5.82 Å². The first kappa shape index (κ1) is 17.1. The van der Waals surface area contributed by atoms with Crippen LogP contribution in [-0.2, 0) is 17.9 Å². The van der Waals surface area contributed by atoms with Gasteiger partial charge < -0.3 is 15.0 Å². The molecule has 1 aromatic carbocycles. The molecular formula is C17H25N5O. The third-order valence-electron chi connectivity index (χ3n) is 3.41. The molecule has 6 heteroatoms. The van der Waals surface area contributed by atoms with Gasteiger partial charge in [0.15, 0.2) is 0 Å². The molecule has 0 atom stereocenters. The van der Waals surface area contributed by atoms with E-state index in [1.807, 2.05) is 31.1 Å². The van der Waals surface area contributed by atoms with E-state index in [1.165, 1.54) is 5.56 Å². The molecule has 0 amide bonds. The third-order valence-corrected chi connectivity index (χ3v) is 3.41. The Bertz CT molecular complexity index is 616. The van der Waals surface area contributed by atoms with Crippen LogP contribution in [0.5, 0.6) is 0 Å². The SMILES string of the molecule is COCc1ccccc1CNc1nc(C(C)C)nc(N(C)C)n1. The zero-order valence-electron chi connectivity index (χ0n) is 14.5. The van der Waals surface area contributed by atoms with Gasteiger partial charge in [0.05, 0.1) is 6.61 Å². The highest BCUT2D eigenvalue weighted by Gasteiger charge is 2.11. The summed E-state index contributed by atoms with van der Waals surface area (Å²) < 4.78 is 5.25. The minimum absolute atomic E-state index is 0.248. The molecule has 124 valence electrons. The van der Waals surface area contributed by atoms with Crippen molar-refractivity contribution in [1.29, 1.82) is 0 Å². The second-order valence-electron chi connectivity index (χ2n) is 5.92. The second kappa shape index (κ2) is 7.87. The van der Waals surface area contributed by atoms with Crippen LogP contribution in [0.2, 0.25) is 0 Å². The Morgan fingerprint density at radius 1 is 1.09 bits per heavy atom. The van der Waals surface area contributed by atoms with Gasteiger partial charge in [-0.1, -0.05) is 38.1 Å². The molecule has 0 unspecified atom stereocenters. The minimum Gasteiger partial charge on any atom is -0.380 e. The zero-order chi connectivity index (χ0) is 16.8. The first-order valence-corrected chi connectivity index (χ1v) is 7.74. The van der Waals surface area contributed by atoms with Gasteiger partial charge in [-0.15, -0.1) is 0 Å². The summed E-state index contributed by atoms with van der Waals surface area (Å²) in [7, 11) is 5.56. The molecule has 0 fully saturated rings. The molecule has 0 aliphatic carbocycles. The lowest BCUT2D eigenvalue weighted by Crippen LogP contribution is -2.17. The topological polar surface area (TPSA) is 63.2 Å². The van der Waals surface area contributed by atoms with E-state index in [0.29, 0.717) is 25.0 Å². The summed E-state index contributed by atoms with van der Waals surface area (Å²) in [5.74, 6) is 2.30. The maximum absolute atomic E-state index is 5.25. The van der Waals surface area contributed by atoms with Crippen LogP contribution in [-0.4, -0.2) is 36.2 Å². The fourth-order valence-electron chi connectivity index (χ4n) is 2.12. The Morgan fingerprint density at radius 3 is 2.39 bits per heavy atom. The summed E-state index contributed by atoms with van der Waals surface area (Å²) in [5, 5.41) is 3.31. The number of ether oxygens (including phenoxy) is 1. The molecule has 1 heterocycles. The van der Waals surface area contributed by atoms with Gasteiger partial charge in [-0.05, 0) is 11.1 Å². The van der Waals surface area contributed by atoms with Crippen molar-refractivity contribution in [2.75, 3.05) is 31.4 Å². The Morgan fingerprint density at radius 2 is 1.78 bits per heavy atom. The first-order chi connectivity index (χ1) is 11.0. The number of methoxy groups -OCH3 is 1. The van der Waals surface area contributed by atoms with Crippen molar-refractivity contribution in [1.82, 2.24) is 15.0 Å². The highest BCUT2D eigenvalue weighted by molar-refractivity contribution is 5.38. The molecule has 0 aliphatic heterocycles. The molecule has 1 N–H and O–H groups in total. The van der Waals surface area contributed by atoms with Crippen LogP contribution >= 0.6 is 0 Å². The maximum atomic E-state index is 5.25. The number of rotatable bonds is 7. The molecule has 0 saturated carbocycles. The molecule has 2 rings (SSSR count). The molecule has 0 radical (unpaired) electrons. The molecule has 0 bridgehead atoms. The third kappa shape index (κ3) is 4.63. The summed E-state index contributed by atoms with van der Waals surface area (Å²) in [6, 6.07) is 8.19. The van der Waals surface area contributed by atoms with E-state index in [1.54, 1.807) is 7.11 Å². The number of aromatic nitrogens is 3. The van der Waals surface area contributed by atoms with E-state index in [4.69, 9.17) is 4.74 Å². The van der Waals surface area contributed by atoms with E-state index in [9.17, 15) is 0 Å². The van der Waals surface area contributed by atoms with E-state index in [0.717, 1.165) is 11.4 Å². The normalized spacial score (nSPS) is 10.9. The van der Waals surface area contributed by atoms with Crippen LogP contribution in [0.25, 0.3) is 0 Å². The summed E-state index contributed by atoms with van der Waals surface area (Å²) >= 11 is 0. The van der Waals surface area contributed by atoms with Gasteiger partial charge in [-0.3, -0.25) is 0 Å². The van der Waals surface area contributed by atoms with Crippen molar-refractivity contribution >= 4 is 11.9 Å². The number of anilines is 2. The Balaban J connectivity index is 2.20. The highest BCUT2D eigenvalue weighted by Crippen LogP contribution is 2.16. The lowest BCUT2D eigenvalue weighted by molar-refractivity contribution is 0.184. The predicted molar refractivity (Wildman–Crippen MR) is 92.7 cm³/mol. The number of nitrogens with zero attached hydrogens (tertiary/aromatic N) is 4. The van der Waals surface area contributed by atoms with Gasteiger partial charge >= 0.3 is 0 Å². The number of nitrogens with one attached hydrogen (secondary N) is 1. The molecule has 0 saturated heterocycles. The van der Waals surface area contributed by atoms with Crippen molar-refractivity contribution in [2.24, 2.45) is 0 Å². The smallest absolute Gasteiger partial charge is 0.229 e. The molecule has 2 aromatic rings. The van der Waals surface area contributed by atoms with Crippen LogP contribution in [0.15, 0.2) is 24.3 Å². The Hall–Kier alpha value is -2.21. The average Bonchev–Trinajstić information content (AvgIpc) is 2.54. The Labute approximate surface area is 137 Å². The quantitative estimate of drug-likeness (QED) is 0.847. The lowest BCUT2D eigenvalue weighted by Gasteiger charge is -2.15. The van der Waals surface area contributed by atoms with Crippen LogP contribution in [0.1, 0.15) is 36.7 Å². The van der Waals surface area contributed by atoms with E-state index < -0.39 is 0 Å². The van der Waals surface area contributed by atoms with Crippen LogP contribution in [0.3, 0.4) is 0 Å². The summed E-state index contributed by atoms with van der Waals surface area (Å²) in [4.78, 5) is 15.3. The maximum Gasteiger partial charge on any atom is 0.229 e. The molecule has 6 nitrogen and oxygen atoms in total. The predicted octanol–water partition coefficient (Wildman–Crippen LogP) is 2.82. The van der Waals surface area contributed by atoms with E-state index in [2.05, 4.69) is 46.2 Å². The highest BCUT2D eigenvalue weighted by atomic mass is 16.5. The standard InChI is InChI=1S/C17H25N5O/c1-12(2)15-19-16(21-17(20-15)22(3)4)18-10-13-8-6-7-9-14(13)11-23-5/h6-9,12H,10-11H2,1-5H3,(H,18,19,20,21). The van der Waals surface area contributed by atoms with Gasteiger partial charge in [0, 0.05) is 33.7 Å². The second-order valence-corrected chi connectivity index (χ2v) is 5.92. The minimum atomic E-state index is 0.248. The van der Waals surface area contributed by atoms with Gasteiger partial charge in [0.25, 0.3) is 0 Å². The van der Waals surface area contributed by atoms with Crippen molar-refractivity contribution in [3.63, 3.8) is 0 Å². The fraction of sp³-hybridized carbons (Fsp3) is 0.471. The van der Waals surface area contributed by atoms with Gasteiger partial charge in [-0.25, -0.2) is 0 Å². The summed E-state index contributed by atoms with van der Waals surface area (Å²) in [6.45, 7) is 5.39. The molecular weight excluding hydrogens is 290 g/mol. The van der Waals surface area contributed by atoms with Gasteiger partial charge in [-0.2, -0.15) is 15.0 Å². The average molecular weight is 315 g/mol. The monoisotopic (exact) mass is 315 g/mol. The van der Waals surface area contributed by atoms with Crippen molar-refractivity contribution < 1.29 is 4.74 Å². The van der Waals surface area contributed by atoms with Crippen LogP contribution in [0.4, 0.5) is 11.9 Å². The molecule has 0 aliphatic rings. The Kier molecular flexibility index (Phi) is 5.87. The largest absolute Gasteiger partial charge is 0.380 e. The van der Waals surface area contributed by atoms with E-state index >= 15 is 0 Å². The lowest BCUT2D eigenvalue weighted by atomic mass is 10.1. The first-order valence-electron chi connectivity index (χ1n) is 7.74. The van der Waals surface area contributed by atoms with E-state index in [-0.39, 0.29) is 5.92 Å². The zero-order valence-corrected chi connectivity index (χ0v) is 14.5. The van der Waals surface area contributed by atoms with Crippen molar-refractivity contribution in [3.05, 3.63) is 41.2 Å². The molecule has 23 heavy (non-hydrogen) atoms. The van der Waals surface area contributed by atoms with Crippen molar-refractivity contribution in [3.8, 4) is 0 Å². The molecule has 0 spiro atoms. The summed E-state index contributed by atoms with van der Waals surface area (Å²) in [5.41, 5.74) is 2.33. The van der Waals surface area contributed by atoms with Crippen LogP contribution in [0, 0.1) is 0 Å². The summed E-state index contributed by atoms with van der Waals surface area (Å²) in [6.07, 6.45) is 0.